The molecule has 0 fully saturated rings. The van der Waals surface area contributed by atoms with Gasteiger partial charge in [-0.1, -0.05) is 12.1 Å². The van der Waals surface area contributed by atoms with Crippen LogP contribution in [0.15, 0.2) is 47.4 Å². The van der Waals surface area contributed by atoms with Gasteiger partial charge in [-0.05, 0) is 61.7 Å². The van der Waals surface area contributed by atoms with Crippen molar-refractivity contribution >= 4 is 21.4 Å². The summed E-state index contributed by atoms with van der Waals surface area (Å²) in [5, 5.41) is 3.32. The molecule has 5 heteroatoms. The maximum Gasteiger partial charge on any atom is 0.261 e. The molecule has 0 amide bonds. The molecule has 110 valence electrons. The normalized spacial score (nSPS) is 17.1. The van der Waals surface area contributed by atoms with Gasteiger partial charge in [0, 0.05) is 17.4 Å². The molecule has 2 N–H and O–H groups in total. The van der Waals surface area contributed by atoms with Crippen LogP contribution in [0.4, 0.5) is 11.4 Å². The monoisotopic (exact) mass is 302 g/mol. The molecule has 0 aliphatic carbocycles. The van der Waals surface area contributed by atoms with Gasteiger partial charge in [-0.3, -0.25) is 4.72 Å². The van der Waals surface area contributed by atoms with Gasteiger partial charge in [0.15, 0.2) is 0 Å². The number of anilines is 2. The molecular formula is C16H18N2O2S. The summed E-state index contributed by atoms with van der Waals surface area (Å²) in [7, 11) is -3.55. The molecular weight excluding hydrogens is 284 g/mol. The molecule has 0 spiro atoms. The predicted octanol–water partition coefficient (Wildman–Crippen LogP) is 3.15. The third-order valence-corrected chi connectivity index (χ3v) is 4.96. The van der Waals surface area contributed by atoms with E-state index in [1.165, 1.54) is 0 Å². The first-order valence-electron chi connectivity index (χ1n) is 6.93. The molecule has 2 aromatic carbocycles. The van der Waals surface area contributed by atoms with Crippen molar-refractivity contribution in [2.45, 2.75) is 31.2 Å². The highest BCUT2D eigenvalue weighted by molar-refractivity contribution is 7.92. The Kier molecular flexibility index (Phi) is 3.37. The molecule has 4 nitrogen and oxygen atoms in total. The molecule has 1 aliphatic heterocycles. The third-order valence-electron chi connectivity index (χ3n) is 3.59. The number of nitrogens with one attached hydrogen (secondary N) is 2. The first-order chi connectivity index (χ1) is 9.94. The number of rotatable bonds is 3. The summed E-state index contributed by atoms with van der Waals surface area (Å²) in [4.78, 5) is 0.304. The number of fused-ring (bicyclic) bond motifs is 1. The van der Waals surface area contributed by atoms with Crippen LogP contribution in [0.25, 0.3) is 0 Å². The molecule has 1 aliphatic rings. The quantitative estimate of drug-likeness (QED) is 0.915. The average Bonchev–Trinajstić information content (AvgIpc) is 2.77. The molecule has 0 saturated carbocycles. The smallest absolute Gasteiger partial charge is 0.261 e. The molecule has 1 unspecified atom stereocenters. The standard InChI is InChI=1S/C16H18N2O2S/c1-11-4-3-5-14(8-11)18-21(19,20)15-6-7-16-13(10-15)9-12(2)17-16/h3-8,10,12,17-18H,9H2,1-2H3. The van der Waals surface area contributed by atoms with Crippen LogP contribution in [0.2, 0.25) is 0 Å². The van der Waals surface area contributed by atoms with Crippen molar-refractivity contribution in [2.75, 3.05) is 10.0 Å². The Hall–Kier alpha value is -2.01. The van der Waals surface area contributed by atoms with E-state index < -0.39 is 10.0 Å². The van der Waals surface area contributed by atoms with Gasteiger partial charge in [-0.25, -0.2) is 8.42 Å². The lowest BCUT2D eigenvalue weighted by Gasteiger charge is -2.10. The van der Waals surface area contributed by atoms with Gasteiger partial charge in [0.1, 0.15) is 0 Å². The number of hydrogen-bond donors (Lipinski definition) is 2. The molecule has 21 heavy (non-hydrogen) atoms. The molecule has 2 aromatic rings. The zero-order valence-corrected chi connectivity index (χ0v) is 12.9. The van der Waals surface area contributed by atoms with Crippen LogP contribution in [0.5, 0.6) is 0 Å². The zero-order valence-electron chi connectivity index (χ0n) is 12.1. The minimum atomic E-state index is -3.55. The van der Waals surface area contributed by atoms with E-state index in [1.54, 1.807) is 18.2 Å². The van der Waals surface area contributed by atoms with Crippen LogP contribution in [0, 0.1) is 6.92 Å². The minimum absolute atomic E-state index is 0.304. The summed E-state index contributed by atoms with van der Waals surface area (Å²) in [6.45, 7) is 4.01. The number of sulfonamides is 1. The van der Waals surface area contributed by atoms with Crippen LogP contribution in [0.3, 0.4) is 0 Å². The topological polar surface area (TPSA) is 58.2 Å². The highest BCUT2D eigenvalue weighted by atomic mass is 32.2. The number of benzene rings is 2. The van der Waals surface area contributed by atoms with Gasteiger partial charge in [-0.15, -0.1) is 0 Å². The Morgan fingerprint density at radius 1 is 1.19 bits per heavy atom. The van der Waals surface area contributed by atoms with Crippen LogP contribution >= 0.6 is 0 Å². The molecule has 0 bridgehead atoms. The van der Waals surface area contributed by atoms with E-state index in [0.717, 1.165) is 23.2 Å². The second-order valence-electron chi connectivity index (χ2n) is 5.54. The van der Waals surface area contributed by atoms with E-state index in [0.29, 0.717) is 16.6 Å². The Labute approximate surface area is 125 Å². The van der Waals surface area contributed by atoms with Gasteiger partial charge >= 0.3 is 0 Å². The summed E-state index contributed by atoms with van der Waals surface area (Å²) >= 11 is 0. The minimum Gasteiger partial charge on any atom is -0.382 e. The first kappa shape index (κ1) is 13.9. The summed E-state index contributed by atoms with van der Waals surface area (Å²) in [6.07, 6.45) is 0.850. The van der Waals surface area contributed by atoms with E-state index >= 15 is 0 Å². The van der Waals surface area contributed by atoms with E-state index in [4.69, 9.17) is 0 Å². The molecule has 3 rings (SSSR count). The summed E-state index contributed by atoms with van der Waals surface area (Å²) in [5.41, 5.74) is 3.68. The van der Waals surface area contributed by atoms with E-state index in [-0.39, 0.29) is 0 Å². The molecule has 1 heterocycles. The van der Waals surface area contributed by atoms with E-state index in [1.807, 2.05) is 31.2 Å². The van der Waals surface area contributed by atoms with Gasteiger partial charge in [0.05, 0.1) is 4.90 Å². The summed E-state index contributed by atoms with van der Waals surface area (Å²) in [6, 6.07) is 12.9. The van der Waals surface area contributed by atoms with Crippen molar-refractivity contribution in [2.24, 2.45) is 0 Å². The third kappa shape index (κ3) is 2.88. The highest BCUT2D eigenvalue weighted by Gasteiger charge is 2.21. The fraction of sp³-hybridized carbons (Fsp3) is 0.250. The Morgan fingerprint density at radius 3 is 2.76 bits per heavy atom. The Morgan fingerprint density at radius 2 is 2.00 bits per heavy atom. The van der Waals surface area contributed by atoms with Crippen molar-refractivity contribution in [3.8, 4) is 0 Å². The lowest BCUT2D eigenvalue weighted by Crippen LogP contribution is -2.13. The summed E-state index contributed by atoms with van der Waals surface area (Å²) < 4.78 is 27.6. The largest absolute Gasteiger partial charge is 0.382 e. The molecule has 0 radical (unpaired) electrons. The number of aryl methyl sites for hydroxylation is 1. The first-order valence-corrected chi connectivity index (χ1v) is 8.41. The van der Waals surface area contributed by atoms with Crippen molar-refractivity contribution in [1.82, 2.24) is 0 Å². The Bertz CT molecular complexity index is 785. The van der Waals surface area contributed by atoms with E-state index in [2.05, 4.69) is 17.0 Å². The Balaban J connectivity index is 1.91. The fourth-order valence-electron chi connectivity index (χ4n) is 2.62. The maximum absolute atomic E-state index is 12.5. The van der Waals surface area contributed by atoms with Crippen LogP contribution in [-0.2, 0) is 16.4 Å². The maximum atomic E-state index is 12.5. The fourth-order valence-corrected chi connectivity index (χ4v) is 3.72. The summed E-state index contributed by atoms with van der Waals surface area (Å²) in [5.74, 6) is 0. The van der Waals surface area contributed by atoms with Gasteiger partial charge in [-0.2, -0.15) is 0 Å². The van der Waals surface area contributed by atoms with Gasteiger partial charge in [0.25, 0.3) is 10.0 Å². The van der Waals surface area contributed by atoms with Gasteiger partial charge in [0.2, 0.25) is 0 Å². The van der Waals surface area contributed by atoms with Crippen LogP contribution in [-0.4, -0.2) is 14.5 Å². The average molecular weight is 302 g/mol. The lowest BCUT2D eigenvalue weighted by molar-refractivity contribution is 0.601. The van der Waals surface area contributed by atoms with Gasteiger partial charge < -0.3 is 5.32 Å². The molecule has 1 atom stereocenters. The van der Waals surface area contributed by atoms with Crippen molar-refractivity contribution in [3.63, 3.8) is 0 Å². The second-order valence-corrected chi connectivity index (χ2v) is 7.23. The van der Waals surface area contributed by atoms with Crippen LogP contribution < -0.4 is 10.0 Å². The number of hydrogen-bond acceptors (Lipinski definition) is 3. The highest BCUT2D eigenvalue weighted by Crippen LogP contribution is 2.28. The van der Waals surface area contributed by atoms with E-state index in [9.17, 15) is 8.42 Å². The zero-order chi connectivity index (χ0) is 15.0. The second kappa shape index (κ2) is 5.07. The molecule has 0 saturated heterocycles. The van der Waals surface area contributed by atoms with Crippen molar-refractivity contribution in [1.29, 1.82) is 0 Å². The van der Waals surface area contributed by atoms with Crippen molar-refractivity contribution < 1.29 is 8.42 Å². The van der Waals surface area contributed by atoms with Crippen LogP contribution in [0.1, 0.15) is 18.1 Å². The molecule has 0 aromatic heterocycles. The predicted molar refractivity (Wildman–Crippen MR) is 85.2 cm³/mol. The SMILES string of the molecule is Cc1cccc(NS(=O)(=O)c2ccc3c(c2)CC(C)N3)c1. The lowest BCUT2D eigenvalue weighted by atomic mass is 10.1. The van der Waals surface area contributed by atoms with Crippen molar-refractivity contribution in [3.05, 3.63) is 53.6 Å².